The van der Waals surface area contributed by atoms with Crippen LogP contribution in [0.15, 0.2) is 30.3 Å². The zero-order chi connectivity index (χ0) is 17.8. The summed E-state index contributed by atoms with van der Waals surface area (Å²) in [7, 11) is 0. The molecule has 1 fully saturated rings. The van der Waals surface area contributed by atoms with Crippen molar-refractivity contribution in [3.8, 4) is 10.6 Å². The van der Waals surface area contributed by atoms with E-state index in [9.17, 15) is 9.59 Å². The Morgan fingerprint density at radius 2 is 1.96 bits per heavy atom. The number of benzene rings is 1. The Labute approximate surface area is 151 Å². The van der Waals surface area contributed by atoms with Crippen LogP contribution >= 0.6 is 11.3 Å². The van der Waals surface area contributed by atoms with Crippen LogP contribution in [0.25, 0.3) is 10.6 Å². The van der Waals surface area contributed by atoms with Gasteiger partial charge < -0.3 is 5.32 Å². The highest BCUT2D eigenvalue weighted by atomic mass is 32.1. The van der Waals surface area contributed by atoms with Crippen molar-refractivity contribution in [1.82, 2.24) is 15.5 Å². The minimum Gasteiger partial charge on any atom is -0.344 e. The molecule has 1 aromatic carbocycles. The number of rotatable bonds is 7. The van der Waals surface area contributed by atoms with Gasteiger partial charge in [-0.1, -0.05) is 61.9 Å². The molecule has 0 bridgehead atoms. The maximum Gasteiger partial charge on any atom is 0.249 e. The van der Waals surface area contributed by atoms with Crippen LogP contribution in [0.3, 0.4) is 0 Å². The van der Waals surface area contributed by atoms with Gasteiger partial charge in [-0.25, -0.2) is 0 Å². The summed E-state index contributed by atoms with van der Waals surface area (Å²) in [6.45, 7) is 3.97. The number of carbonyl (C=O) groups excluding carboxylic acids is 2. The van der Waals surface area contributed by atoms with Gasteiger partial charge in [0.15, 0.2) is 0 Å². The largest absolute Gasteiger partial charge is 0.344 e. The molecule has 1 aromatic heterocycles. The van der Waals surface area contributed by atoms with E-state index in [1.165, 1.54) is 11.3 Å². The fourth-order valence-corrected chi connectivity index (χ4v) is 3.22. The first kappa shape index (κ1) is 17.5. The van der Waals surface area contributed by atoms with E-state index in [2.05, 4.69) is 20.8 Å². The highest BCUT2D eigenvalue weighted by Gasteiger charge is 2.34. The average Bonchev–Trinajstić information content (AvgIpc) is 3.39. The molecule has 0 spiro atoms. The van der Waals surface area contributed by atoms with E-state index in [0.717, 1.165) is 29.8 Å². The summed E-state index contributed by atoms with van der Waals surface area (Å²) in [5.74, 6) is -0.142. The van der Waals surface area contributed by atoms with Crippen LogP contribution in [-0.2, 0) is 9.59 Å². The molecule has 2 aromatic rings. The molecule has 6 nitrogen and oxygen atoms in total. The molecule has 1 saturated carbocycles. The number of nitrogens with zero attached hydrogens (tertiary/aromatic N) is 2. The number of anilines is 1. The van der Waals surface area contributed by atoms with E-state index in [-0.39, 0.29) is 23.7 Å². The molecule has 2 amide bonds. The zero-order valence-corrected chi connectivity index (χ0v) is 15.2. The molecule has 0 aliphatic heterocycles. The highest BCUT2D eigenvalue weighted by Crippen LogP contribution is 2.30. The monoisotopic (exact) mass is 358 g/mol. The Morgan fingerprint density at radius 1 is 1.24 bits per heavy atom. The molecule has 0 saturated heterocycles. The lowest BCUT2D eigenvalue weighted by Crippen LogP contribution is -2.48. The second-order valence-corrected chi connectivity index (χ2v) is 7.39. The maximum atomic E-state index is 12.7. The molecule has 7 heteroatoms. The fraction of sp³-hybridized carbons (Fsp3) is 0.444. The lowest BCUT2D eigenvalue weighted by atomic mass is 9.98. The molecule has 1 heterocycles. The second-order valence-electron chi connectivity index (χ2n) is 6.41. The molecular formula is C18H22N4O2S. The molecule has 2 N–H and O–H groups in total. The lowest BCUT2D eigenvalue weighted by Gasteiger charge is -2.22. The van der Waals surface area contributed by atoms with Crippen molar-refractivity contribution in [1.29, 1.82) is 0 Å². The zero-order valence-electron chi connectivity index (χ0n) is 14.4. The van der Waals surface area contributed by atoms with E-state index in [1.807, 2.05) is 44.2 Å². The van der Waals surface area contributed by atoms with Gasteiger partial charge in [0.1, 0.15) is 11.0 Å². The highest BCUT2D eigenvalue weighted by molar-refractivity contribution is 7.18. The van der Waals surface area contributed by atoms with Crippen molar-refractivity contribution in [2.24, 2.45) is 11.8 Å². The van der Waals surface area contributed by atoms with Crippen molar-refractivity contribution < 1.29 is 9.59 Å². The standard InChI is InChI=1S/C18H22N4O2S/c1-3-11(2)14(19-15(23)12-9-10-12)16(24)20-18-22-21-17(25-18)13-7-5-4-6-8-13/h4-8,11-12,14H,3,9-10H2,1-2H3,(H,19,23)(H,20,22,24)/t11-,14+/m1/s1. The van der Waals surface area contributed by atoms with Crippen LogP contribution in [-0.4, -0.2) is 28.1 Å². The molecule has 1 aliphatic rings. The average molecular weight is 358 g/mol. The summed E-state index contributed by atoms with van der Waals surface area (Å²) in [4.78, 5) is 24.7. The van der Waals surface area contributed by atoms with Crippen LogP contribution in [0.1, 0.15) is 33.1 Å². The molecule has 0 radical (unpaired) electrons. The Bertz CT molecular complexity index is 743. The summed E-state index contributed by atoms with van der Waals surface area (Å²) in [5, 5.41) is 15.1. The third-order valence-corrected chi connectivity index (χ3v) is 5.30. The van der Waals surface area contributed by atoms with E-state index >= 15 is 0 Å². The topological polar surface area (TPSA) is 84.0 Å². The third kappa shape index (κ3) is 4.42. The number of amides is 2. The normalized spacial score (nSPS) is 16.1. The third-order valence-electron chi connectivity index (χ3n) is 4.42. The number of carbonyl (C=O) groups is 2. The first-order valence-electron chi connectivity index (χ1n) is 8.58. The van der Waals surface area contributed by atoms with Crippen LogP contribution in [0.5, 0.6) is 0 Å². The summed E-state index contributed by atoms with van der Waals surface area (Å²) in [6, 6.07) is 9.14. The Kier molecular flexibility index (Phi) is 5.43. The van der Waals surface area contributed by atoms with E-state index in [1.54, 1.807) is 0 Å². The molecule has 132 valence electrons. The van der Waals surface area contributed by atoms with E-state index < -0.39 is 6.04 Å². The quantitative estimate of drug-likeness (QED) is 0.797. The SMILES string of the molecule is CC[C@@H](C)[C@H](NC(=O)C1CC1)C(=O)Nc1nnc(-c2ccccc2)s1. The van der Waals surface area contributed by atoms with Gasteiger partial charge in [-0.2, -0.15) is 0 Å². The summed E-state index contributed by atoms with van der Waals surface area (Å²) in [6.07, 6.45) is 2.63. The second kappa shape index (κ2) is 7.74. The first-order valence-corrected chi connectivity index (χ1v) is 9.40. The fourth-order valence-electron chi connectivity index (χ4n) is 2.47. The summed E-state index contributed by atoms with van der Waals surface area (Å²) < 4.78 is 0. The van der Waals surface area contributed by atoms with Gasteiger partial charge in [0.25, 0.3) is 0 Å². The van der Waals surface area contributed by atoms with Crippen LogP contribution in [0, 0.1) is 11.8 Å². The first-order chi connectivity index (χ1) is 12.1. The molecule has 3 rings (SSSR count). The molecule has 1 aliphatic carbocycles. The van der Waals surface area contributed by atoms with Crippen LogP contribution < -0.4 is 10.6 Å². The predicted molar refractivity (Wildman–Crippen MR) is 98.1 cm³/mol. The van der Waals surface area contributed by atoms with Gasteiger partial charge in [0, 0.05) is 11.5 Å². The minimum atomic E-state index is -0.554. The van der Waals surface area contributed by atoms with Crippen molar-refractivity contribution in [2.75, 3.05) is 5.32 Å². The lowest BCUT2D eigenvalue weighted by molar-refractivity contribution is -0.128. The summed E-state index contributed by atoms with van der Waals surface area (Å²) in [5.41, 5.74) is 0.959. The maximum absolute atomic E-state index is 12.7. The van der Waals surface area contributed by atoms with Crippen molar-refractivity contribution in [3.05, 3.63) is 30.3 Å². The Balaban J connectivity index is 1.68. The van der Waals surface area contributed by atoms with Crippen LogP contribution in [0.2, 0.25) is 0 Å². The van der Waals surface area contributed by atoms with Crippen LogP contribution in [0.4, 0.5) is 5.13 Å². The molecular weight excluding hydrogens is 336 g/mol. The molecule has 2 atom stereocenters. The Hall–Kier alpha value is -2.28. The predicted octanol–water partition coefficient (Wildman–Crippen LogP) is 3.08. The van der Waals surface area contributed by atoms with Crippen molar-refractivity contribution >= 4 is 28.3 Å². The van der Waals surface area contributed by atoms with E-state index in [4.69, 9.17) is 0 Å². The van der Waals surface area contributed by atoms with Gasteiger partial charge in [0.05, 0.1) is 0 Å². The molecule has 25 heavy (non-hydrogen) atoms. The molecule has 0 unspecified atom stereocenters. The summed E-state index contributed by atoms with van der Waals surface area (Å²) >= 11 is 1.32. The Morgan fingerprint density at radius 3 is 2.60 bits per heavy atom. The van der Waals surface area contributed by atoms with Crippen molar-refractivity contribution in [3.63, 3.8) is 0 Å². The number of hydrogen-bond donors (Lipinski definition) is 2. The van der Waals surface area contributed by atoms with Gasteiger partial charge in [-0.15, -0.1) is 10.2 Å². The smallest absolute Gasteiger partial charge is 0.249 e. The van der Waals surface area contributed by atoms with E-state index in [0.29, 0.717) is 5.13 Å². The number of nitrogens with one attached hydrogen (secondary N) is 2. The minimum absolute atomic E-state index is 0.0253. The van der Waals surface area contributed by atoms with Gasteiger partial charge in [0.2, 0.25) is 16.9 Å². The number of hydrogen-bond acceptors (Lipinski definition) is 5. The van der Waals surface area contributed by atoms with Gasteiger partial charge in [-0.05, 0) is 18.8 Å². The van der Waals surface area contributed by atoms with Crippen molar-refractivity contribution in [2.45, 2.75) is 39.2 Å². The number of aromatic nitrogens is 2. The van der Waals surface area contributed by atoms with Gasteiger partial charge >= 0.3 is 0 Å². The van der Waals surface area contributed by atoms with Gasteiger partial charge in [-0.3, -0.25) is 14.9 Å².